The smallest absolute Gasteiger partial charge is 0.221 e. The topological polar surface area (TPSA) is 33.2 Å². The number of hydrogen-bond donors (Lipinski definition) is 1. The minimum Gasteiger partial charge on any atom is -0.325 e. The molecule has 0 saturated carbocycles. The number of amides is 1. The fourth-order valence-electron chi connectivity index (χ4n) is 2.22. The summed E-state index contributed by atoms with van der Waals surface area (Å²) >= 11 is 0. The Balaban J connectivity index is 0.000000704. The quantitative estimate of drug-likeness (QED) is 0.531. The van der Waals surface area contributed by atoms with Gasteiger partial charge in [0.1, 0.15) is 0 Å². The zero-order valence-electron chi connectivity index (χ0n) is 12.1. The van der Waals surface area contributed by atoms with E-state index in [-0.39, 0.29) is 5.91 Å². The van der Waals surface area contributed by atoms with Crippen LogP contribution in [0.4, 0.5) is 5.69 Å². The van der Waals surface area contributed by atoms with Crippen LogP contribution >= 0.6 is 0 Å². The second-order valence-electron chi connectivity index (χ2n) is 4.25. The lowest BCUT2D eigenvalue weighted by Crippen LogP contribution is -2.23. The number of hydrogen-bond acceptors (Lipinski definition) is 1. The number of pyridine rings is 2. The van der Waals surface area contributed by atoms with E-state index in [0.717, 1.165) is 22.1 Å². The summed E-state index contributed by atoms with van der Waals surface area (Å²) in [4.78, 5) is 11.3. The summed E-state index contributed by atoms with van der Waals surface area (Å²) in [6.45, 7) is 5.52. The summed E-state index contributed by atoms with van der Waals surface area (Å²) < 4.78 is 2.11. The summed E-state index contributed by atoms with van der Waals surface area (Å²) in [6, 6.07) is 16.0. The Kier molecular flexibility index (Phi) is 4.31. The molecule has 2 aromatic heterocycles. The average Bonchev–Trinajstić information content (AvgIpc) is 2.49. The first-order chi connectivity index (χ1) is 9.75. The monoisotopic (exact) mass is 267 g/mol. The van der Waals surface area contributed by atoms with Crippen molar-refractivity contribution in [2.45, 2.75) is 20.8 Å². The van der Waals surface area contributed by atoms with Gasteiger partial charge in [-0.3, -0.25) is 4.79 Å². The molecule has 0 radical (unpaired) electrons. The summed E-state index contributed by atoms with van der Waals surface area (Å²) in [5.41, 5.74) is 2.99. The number of para-hydroxylation sites is 1. The molecule has 0 aliphatic heterocycles. The molecule has 1 aromatic carbocycles. The van der Waals surface area contributed by atoms with E-state index in [1.807, 2.05) is 68.6 Å². The summed E-state index contributed by atoms with van der Waals surface area (Å²) in [5, 5.41) is 3.93. The van der Waals surface area contributed by atoms with Crippen LogP contribution in [0.5, 0.6) is 0 Å². The fourth-order valence-corrected chi connectivity index (χ4v) is 2.22. The molecular weight excluding hydrogens is 248 g/mol. The SMILES string of the molecule is CC.CC(=O)Nc1cc2cccc[n+]2c2ccccc12. The van der Waals surface area contributed by atoms with E-state index >= 15 is 0 Å². The first kappa shape index (κ1) is 14.0. The van der Waals surface area contributed by atoms with Crippen LogP contribution in [0.25, 0.3) is 16.4 Å². The summed E-state index contributed by atoms with van der Waals surface area (Å²) in [7, 11) is 0. The van der Waals surface area contributed by atoms with E-state index in [2.05, 4.69) is 9.72 Å². The first-order valence-electron chi connectivity index (χ1n) is 6.85. The normalized spacial score (nSPS) is 9.95. The molecule has 1 N–H and O–H groups in total. The third kappa shape index (κ3) is 2.62. The van der Waals surface area contributed by atoms with Gasteiger partial charge >= 0.3 is 0 Å². The maximum atomic E-state index is 11.3. The highest BCUT2D eigenvalue weighted by atomic mass is 16.1. The average molecular weight is 267 g/mol. The molecule has 0 bridgehead atoms. The lowest BCUT2D eigenvalue weighted by atomic mass is 10.1. The van der Waals surface area contributed by atoms with E-state index < -0.39 is 0 Å². The van der Waals surface area contributed by atoms with E-state index in [4.69, 9.17) is 0 Å². The molecular formula is C17H19N2O+. The molecule has 0 aliphatic rings. The predicted molar refractivity (Wildman–Crippen MR) is 82.8 cm³/mol. The number of rotatable bonds is 1. The number of nitrogens with one attached hydrogen (secondary N) is 1. The highest BCUT2D eigenvalue weighted by Crippen LogP contribution is 2.22. The van der Waals surface area contributed by atoms with Crippen molar-refractivity contribution in [2.24, 2.45) is 0 Å². The van der Waals surface area contributed by atoms with Gasteiger partial charge in [0.15, 0.2) is 6.20 Å². The molecule has 20 heavy (non-hydrogen) atoms. The second kappa shape index (κ2) is 6.15. The number of fused-ring (bicyclic) bond motifs is 3. The Morgan fingerprint density at radius 3 is 2.50 bits per heavy atom. The van der Waals surface area contributed by atoms with Crippen LogP contribution in [0.3, 0.4) is 0 Å². The standard InChI is InChI=1S/C15H12N2O.C2H6/c1-11(18)16-14-10-12-6-4-5-9-17(12)15-8-3-2-7-13(14)15;1-2/h2-10H,1H3;1-2H3/p+1. The third-order valence-electron chi connectivity index (χ3n) is 2.95. The van der Waals surface area contributed by atoms with Gasteiger partial charge in [0.2, 0.25) is 16.9 Å². The van der Waals surface area contributed by atoms with Gasteiger partial charge in [-0.05, 0) is 12.1 Å². The Bertz CT molecular complexity index is 750. The summed E-state index contributed by atoms with van der Waals surface area (Å²) in [6.07, 6.45) is 2.02. The van der Waals surface area contributed by atoms with Crippen LogP contribution in [-0.2, 0) is 4.79 Å². The zero-order valence-corrected chi connectivity index (χ0v) is 12.1. The second-order valence-corrected chi connectivity index (χ2v) is 4.25. The van der Waals surface area contributed by atoms with Crippen molar-refractivity contribution in [3.8, 4) is 0 Å². The number of nitrogens with zero attached hydrogens (tertiary/aromatic N) is 1. The van der Waals surface area contributed by atoms with Crippen molar-refractivity contribution in [3.05, 3.63) is 54.7 Å². The molecule has 3 nitrogen and oxygen atoms in total. The molecule has 3 rings (SSSR count). The van der Waals surface area contributed by atoms with Crippen molar-refractivity contribution in [3.63, 3.8) is 0 Å². The van der Waals surface area contributed by atoms with Crippen molar-refractivity contribution < 1.29 is 9.20 Å². The summed E-state index contributed by atoms with van der Waals surface area (Å²) in [5.74, 6) is -0.0552. The third-order valence-corrected chi connectivity index (χ3v) is 2.95. The number of benzene rings is 1. The van der Waals surface area contributed by atoms with E-state index in [1.165, 1.54) is 6.92 Å². The predicted octanol–water partition coefficient (Wildman–Crippen LogP) is 3.56. The lowest BCUT2D eigenvalue weighted by molar-refractivity contribution is -0.481. The molecule has 1 amide bonds. The first-order valence-corrected chi connectivity index (χ1v) is 6.85. The zero-order chi connectivity index (χ0) is 14.5. The largest absolute Gasteiger partial charge is 0.325 e. The highest BCUT2D eigenvalue weighted by molar-refractivity contribution is 6.00. The Labute approximate surface area is 118 Å². The van der Waals surface area contributed by atoms with Gasteiger partial charge in [-0.2, -0.15) is 4.40 Å². The Hall–Kier alpha value is -2.42. The van der Waals surface area contributed by atoms with Crippen LogP contribution in [0.15, 0.2) is 54.7 Å². The maximum Gasteiger partial charge on any atom is 0.221 e. The number of anilines is 1. The Morgan fingerprint density at radius 2 is 1.75 bits per heavy atom. The molecule has 3 aromatic rings. The molecule has 0 fully saturated rings. The molecule has 3 heteroatoms. The van der Waals surface area contributed by atoms with Gasteiger partial charge in [0.05, 0.1) is 11.1 Å². The van der Waals surface area contributed by atoms with Crippen molar-refractivity contribution in [1.82, 2.24) is 0 Å². The Morgan fingerprint density at radius 1 is 1.05 bits per heavy atom. The number of carbonyl (C=O) groups is 1. The van der Waals surface area contributed by atoms with Crippen molar-refractivity contribution >= 4 is 28.0 Å². The van der Waals surface area contributed by atoms with Gasteiger partial charge in [-0.1, -0.05) is 26.0 Å². The van der Waals surface area contributed by atoms with Crippen LogP contribution in [0.2, 0.25) is 0 Å². The van der Waals surface area contributed by atoms with Crippen LogP contribution in [0.1, 0.15) is 20.8 Å². The van der Waals surface area contributed by atoms with Crippen LogP contribution in [0, 0.1) is 0 Å². The van der Waals surface area contributed by atoms with E-state index in [0.29, 0.717) is 0 Å². The molecule has 0 atom stereocenters. The molecule has 0 saturated heterocycles. The van der Waals surface area contributed by atoms with Crippen LogP contribution < -0.4 is 9.72 Å². The fraction of sp³-hybridized carbons (Fsp3) is 0.176. The van der Waals surface area contributed by atoms with Crippen LogP contribution in [-0.4, -0.2) is 5.91 Å². The molecule has 0 aliphatic carbocycles. The number of carbonyl (C=O) groups excluding carboxylic acids is 1. The van der Waals surface area contributed by atoms with Crippen molar-refractivity contribution in [2.75, 3.05) is 5.32 Å². The van der Waals surface area contributed by atoms with Gasteiger partial charge in [-0.25, -0.2) is 0 Å². The van der Waals surface area contributed by atoms with Gasteiger partial charge < -0.3 is 5.32 Å². The molecule has 2 heterocycles. The van der Waals surface area contributed by atoms with E-state index in [9.17, 15) is 4.79 Å². The lowest BCUT2D eigenvalue weighted by Gasteiger charge is -2.05. The molecule has 102 valence electrons. The molecule has 0 spiro atoms. The maximum absolute atomic E-state index is 11.3. The number of aromatic nitrogens is 1. The van der Waals surface area contributed by atoms with Crippen molar-refractivity contribution in [1.29, 1.82) is 0 Å². The van der Waals surface area contributed by atoms with E-state index in [1.54, 1.807) is 0 Å². The van der Waals surface area contributed by atoms with Gasteiger partial charge in [0, 0.05) is 31.2 Å². The minimum atomic E-state index is -0.0552. The highest BCUT2D eigenvalue weighted by Gasteiger charge is 2.12. The molecule has 0 unspecified atom stereocenters. The van der Waals surface area contributed by atoms with Gasteiger partial charge in [-0.15, -0.1) is 0 Å². The van der Waals surface area contributed by atoms with Gasteiger partial charge in [0.25, 0.3) is 0 Å². The minimum absolute atomic E-state index is 0.0552.